The van der Waals surface area contributed by atoms with Crippen molar-refractivity contribution < 1.29 is 5.11 Å². The Morgan fingerprint density at radius 3 is 2.62 bits per heavy atom. The van der Waals surface area contributed by atoms with Crippen LogP contribution in [0.3, 0.4) is 0 Å². The molecule has 0 spiro atoms. The molecule has 2 nitrogen and oxygen atoms in total. The number of aromatic nitrogens is 1. The minimum absolute atomic E-state index is 0.466. The van der Waals surface area contributed by atoms with Gasteiger partial charge in [-0.2, -0.15) is 0 Å². The zero-order valence-corrected chi connectivity index (χ0v) is 8.49. The topological polar surface area (TPSA) is 33.1 Å². The fraction of sp³-hybridized carbons (Fsp3) is 0.545. The van der Waals surface area contributed by atoms with Crippen molar-refractivity contribution in [3.63, 3.8) is 0 Å². The number of hydrogen-bond donors (Lipinski definition) is 1. The van der Waals surface area contributed by atoms with Gasteiger partial charge in [-0.05, 0) is 37.0 Å². The highest BCUT2D eigenvalue weighted by Gasteiger charge is 2.04. The second kappa shape index (κ2) is 4.38. The molecule has 1 atom stereocenters. The quantitative estimate of drug-likeness (QED) is 0.772. The van der Waals surface area contributed by atoms with E-state index in [4.69, 9.17) is 0 Å². The summed E-state index contributed by atoms with van der Waals surface area (Å²) in [5, 5.41) is 9.32. The maximum atomic E-state index is 9.32. The molecule has 0 amide bonds. The Morgan fingerprint density at radius 1 is 1.38 bits per heavy atom. The zero-order valence-electron chi connectivity index (χ0n) is 8.49. The van der Waals surface area contributed by atoms with Crippen LogP contribution in [-0.2, 0) is 6.42 Å². The van der Waals surface area contributed by atoms with Crippen LogP contribution in [0.4, 0.5) is 0 Å². The SMILES string of the molecule is CC(C)Cc1ccnc(C(C)O)c1. The van der Waals surface area contributed by atoms with Crippen molar-refractivity contribution in [3.05, 3.63) is 29.6 Å². The molecule has 0 fully saturated rings. The summed E-state index contributed by atoms with van der Waals surface area (Å²) in [6.07, 6.45) is 2.34. The van der Waals surface area contributed by atoms with Crippen molar-refractivity contribution in [2.45, 2.75) is 33.3 Å². The number of nitrogens with zero attached hydrogens (tertiary/aromatic N) is 1. The summed E-state index contributed by atoms with van der Waals surface area (Å²) in [4.78, 5) is 4.10. The van der Waals surface area contributed by atoms with E-state index in [0.29, 0.717) is 5.92 Å². The highest BCUT2D eigenvalue weighted by Crippen LogP contribution is 2.13. The molecule has 0 aliphatic carbocycles. The predicted molar refractivity (Wildman–Crippen MR) is 53.4 cm³/mol. The number of hydrogen-bond acceptors (Lipinski definition) is 2. The van der Waals surface area contributed by atoms with E-state index in [-0.39, 0.29) is 0 Å². The van der Waals surface area contributed by atoms with E-state index < -0.39 is 6.10 Å². The van der Waals surface area contributed by atoms with Crippen LogP contribution in [0.2, 0.25) is 0 Å². The van der Waals surface area contributed by atoms with Gasteiger partial charge in [0.25, 0.3) is 0 Å². The van der Waals surface area contributed by atoms with Gasteiger partial charge in [0, 0.05) is 6.20 Å². The van der Waals surface area contributed by atoms with Gasteiger partial charge in [-0.1, -0.05) is 13.8 Å². The van der Waals surface area contributed by atoms with Gasteiger partial charge in [0.2, 0.25) is 0 Å². The lowest BCUT2D eigenvalue weighted by atomic mass is 10.0. The minimum Gasteiger partial charge on any atom is -0.387 e. The molecule has 0 saturated heterocycles. The Labute approximate surface area is 79.6 Å². The standard InChI is InChI=1S/C11H17NO/c1-8(2)6-10-4-5-12-11(7-10)9(3)13/h4-5,7-9,13H,6H2,1-3H3. The van der Waals surface area contributed by atoms with Gasteiger partial charge < -0.3 is 5.11 Å². The van der Waals surface area contributed by atoms with Gasteiger partial charge in [0.15, 0.2) is 0 Å². The Morgan fingerprint density at radius 2 is 2.08 bits per heavy atom. The summed E-state index contributed by atoms with van der Waals surface area (Å²) < 4.78 is 0. The van der Waals surface area contributed by atoms with Gasteiger partial charge in [0.05, 0.1) is 11.8 Å². The molecule has 0 aromatic carbocycles. The van der Waals surface area contributed by atoms with Gasteiger partial charge in [-0.3, -0.25) is 4.98 Å². The van der Waals surface area contributed by atoms with E-state index in [9.17, 15) is 5.11 Å². The third kappa shape index (κ3) is 3.15. The van der Waals surface area contributed by atoms with Crippen molar-refractivity contribution in [3.8, 4) is 0 Å². The Bertz CT molecular complexity index is 269. The Kier molecular flexibility index (Phi) is 3.43. The average molecular weight is 179 g/mol. The van der Waals surface area contributed by atoms with Crippen LogP contribution in [0, 0.1) is 5.92 Å². The Balaban J connectivity index is 2.79. The van der Waals surface area contributed by atoms with E-state index in [1.807, 2.05) is 12.1 Å². The molecule has 72 valence electrons. The highest BCUT2D eigenvalue weighted by molar-refractivity contribution is 5.17. The summed E-state index contributed by atoms with van der Waals surface area (Å²) in [5.41, 5.74) is 2.01. The summed E-state index contributed by atoms with van der Waals surface area (Å²) in [6.45, 7) is 6.10. The smallest absolute Gasteiger partial charge is 0.0931 e. The lowest BCUT2D eigenvalue weighted by Crippen LogP contribution is -1.99. The second-order valence-electron chi connectivity index (χ2n) is 3.86. The van der Waals surface area contributed by atoms with Gasteiger partial charge >= 0.3 is 0 Å². The van der Waals surface area contributed by atoms with Crippen molar-refractivity contribution in [1.82, 2.24) is 4.98 Å². The van der Waals surface area contributed by atoms with Crippen LogP contribution in [-0.4, -0.2) is 10.1 Å². The van der Waals surface area contributed by atoms with Crippen LogP contribution >= 0.6 is 0 Å². The maximum Gasteiger partial charge on any atom is 0.0931 e. The van der Waals surface area contributed by atoms with Crippen LogP contribution in [0.15, 0.2) is 18.3 Å². The fourth-order valence-electron chi connectivity index (χ4n) is 1.32. The molecule has 0 bridgehead atoms. The molecular weight excluding hydrogens is 162 g/mol. The van der Waals surface area contributed by atoms with Crippen molar-refractivity contribution >= 4 is 0 Å². The minimum atomic E-state index is -0.466. The first-order valence-corrected chi connectivity index (χ1v) is 4.72. The first kappa shape index (κ1) is 10.2. The van der Waals surface area contributed by atoms with E-state index in [2.05, 4.69) is 18.8 Å². The zero-order chi connectivity index (χ0) is 9.84. The van der Waals surface area contributed by atoms with E-state index >= 15 is 0 Å². The number of rotatable bonds is 3. The molecule has 1 rings (SSSR count). The lowest BCUT2D eigenvalue weighted by molar-refractivity contribution is 0.194. The summed E-state index contributed by atoms with van der Waals surface area (Å²) in [6, 6.07) is 3.98. The molecule has 1 N–H and O–H groups in total. The molecule has 1 heterocycles. The predicted octanol–water partition coefficient (Wildman–Crippen LogP) is 2.33. The molecule has 13 heavy (non-hydrogen) atoms. The summed E-state index contributed by atoms with van der Waals surface area (Å²) >= 11 is 0. The van der Waals surface area contributed by atoms with Crippen molar-refractivity contribution in [2.75, 3.05) is 0 Å². The maximum absolute atomic E-state index is 9.32. The second-order valence-corrected chi connectivity index (χ2v) is 3.86. The van der Waals surface area contributed by atoms with Crippen LogP contribution < -0.4 is 0 Å². The number of pyridine rings is 1. The third-order valence-electron chi connectivity index (χ3n) is 1.92. The molecular formula is C11H17NO. The first-order valence-electron chi connectivity index (χ1n) is 4.72. The number of aliphatic hydroxyl groups is 1. The highest BCUT2D eigenvalue weighted by atomic mass is 16.3. The molecule has 0 aliphatic rings. The van der Waals surface area contributed by atoms with Crippen LogP contribution in [0.5, 0.6) is 0 Å². The third-order valence-corrected chi connectivity index (χ3v) is 1.92. The fourth-order valence-corrected chi connectivity index (χ4v) is 1.32. The van der Waals surface area contributed by atoms with Gasteiger partial charge in [-0.25, -0.2) is 0 Å². The normalized spacial score (nSPS) is 13.3. The number of aliphatic hydroxyl groups excluding tert-OH is 1. The van der Waals surface area contributed by atoms with Crippen LogP contribution in [0.25, 0.3) is 0 Å². The summed E-state index contributed by atoms with van der Waals surface area (Å²) in [7, 11) is 0. The van der Waals surface area contributed by atoms with E-state index in [1.54, 1.807) is 13.1 Å². The van der Waals surface area contributed by atoms with Crippen molar-refractivity contribution in [1.29, 1.82) is 0 Å². The molecule has 2 heteroatoms. The van der Waals surface area contributed by atoms with Crippen molar-refractivity contribution in [2.24, 2.45) is 5.92 Å². The van der Waals surface area contributed by atoms with Gasteiger partial charge in [-0.15, -0.1) is 0 Å². The molecule has 0 radical (unpaired) electrons. The largest absolute Gasteiger partial charge is 0.387 e. The molecule has 1 unspecified atom stereocenters. The molecule has 0 aliphatic heterocycles. The molecule has 1 aromatic rings. The molecule has 1 aromatic heterocycles. The lowest BCUT2D eigenvalue weighted by Gasteiger charge is -2.08. The molecule has 0 saturated carbocycles. The monoisotopic (exact) mass is 179 g/mol. The van der Waals surface area contributed by atoms with Gasteiger partial charge in [0.1, 0.15) is 0 Å². The van der Waals surface area contributed by atoms with E-state index in [0.717, 1.165) is 12.1 Å². The summed E-state index contributed by atoms with van der Waals surface area (Å²) in [5.74, 6) is 0.643. The van der Waals surface area contributed by atoms with E-state index in [1.165, 1.54) is 5.56 Å². The van der Waals surface area contributed by atoms with Crippen LogP contribution in [0.1, 0.15) is 38.1 Å². The first-order chi connectivity index (χ1) is 6.09. The average Bonchev–Trinajstić information content (AvgIpc) is 2.03. The Hall–Kier alpha value is -0.890.